The number of ether oxygens (including phenoxy) is 1. The molecule has 0 spiro atoms. The summed E-state index contributed by atoms with van der Waals surface area (Å²) >= 11 is 1.52. The summed E-state index contributed by atoms with van der Waals surface area (Å²) in [5, 5.41) is 6.17. The van der Waals surface area contributed by atoms with Gasteiger partial charge in [0, 0.05) is 16.6 Å². The highest BCUT2D eigenvalue weighted by molar-refractivity contribution is 7.92. The van der Waals surface area contributed by atoms with E-state index >= 15 is 0 Å². The number of hydrogen-bond acceptors (Lipinski definition) is 8. The summed E-state index contributed by atoms with van der Waals surface area (Å²) in [5.74, 6) is 0.495. The van der Waals surface area contributed by atoms with E-state index in [9.17, 15) is 13.2 Å². The summed E-state index contributed by atoms with van der Waals surface area (Å²) in [6.07, 6.45) is 1.49. The van der Waals surface area contributed by atoms with E-state index in [1.807, 2.05) is 29.6 Å². The number of carbonyl (C=O) groups is 1. The zero-order valence-electron chi connectivity index (χ0n) is 16.8. The molecule has 2 aromatic heterocycles. The standard InChI is InChI=1S/C22H19N3O4S2/c1-14(26)12-31(27,28)18-9-5-16(6-10-18)25-21-20-19(11-30-22(20)24-13-23-21)15-3-7-17(29-2)8-4-15/h3-11,13H,12H2,1-2H3,(H,23,24,25). The molecule has 0 aliphatic heterocycles. The van der Waals surface area contributed by atoms with Crippen molar-refractivity contribution in [3.05, 3.63) is 60.2 Å². The van der Waals surface area contributed by atoms with E-state index in [2.05, 4.69) is 15.3 Å². The molecule has 0 saturated heterocycles. The molecular formula is C22H19N3O4S2. The van der Waals surface area contributed by atoms with E-state index in [4.69, 9.17) is 4.74 Å². The number of fused-ring (bicyclic) bond motifs is 1. The zero-order valence-corrected chi connectivity index (χ0v) is 18.5. The van der Waals surface area contributed by atoms with Gasteiger partial charge in [0.25, 0.3) is 0 Å². The minimum Gasteiger partial charge on any atom is -0.497 e. The molecule has 0 radical (unpaired) electrons. The molecule has 9 heteroatoms. The number of thiophene rings is 1. The molecule has 2 heterocycles. The van der Waals surface area contributed by atoms with Crippen LogP contribution < -0.4 is 10.1 Å². The fourth-order valence-electron chi connectivity index (χ4n) is 3.19. The van der Waals surface area contributed by atoms with Gasteiger partial charge in [-0.1, -0.05) is 12.1 Å². The maximum absolute atomic E-state index is 12.2. The molecular weight excluding hydrogens is 434 g/mol. The highest BCUT2D eigenvalue weighted by Gasteiger charge is 2.17. The van der Waals surface area contributed by atoms with Crippen molar-refractivity contribution in [1.29, 1.82) is 0 Å². The molecule has 1 N–H and O–H groups in total. The van der Waals surface area contributed by atoms with Gasteiger partial charge in [0.1, 0.15) is 34.3 Å². The summed E-state index contributed by atoms with van der Waals surface area (Å²) in [4.78, 5) is 20.9. The average molecular weight is 454 g/mol. The first-order valence-corrected chi connectivity index (χ1v) is 11.9. The Labute approximate surface area is 183 Å². The number of carbonyl (C=O) groups excluding carboxylic acids is 1. The molecule has 4 aromatic rings. The van der Waals surface area contributed by atoms with Crippen molar-refractivity contribution in [2.75, 3.05) is 18.2 Å². The van der Waals surface area contributed by atoms with Crippen LogP contribution in [0.3, 0.4) is 0 Å². The summed E-state index contributed by atoms with van der Waals surface area (Å²) in [5.41, 5.74) is 2.68. The van der Waals surface area contributed by atoms with Crippen molar-refractivity contribution >= 4 is 48.7 Å². The molecule has 0 atom stereocenters. The van der Waals surface area contributed by atoms with Crippen LogP contribution in [0, 0.1) is 0 Å². The first-order chi connectivity index (χ1) is 14.9. The number of Topliss-reactive ketones (excluding diaryl/α,β-unsaturated/α-hetero) is 1. The van der Waals surface area contributed by atoms with Gasteiger partial charge in [-0.25, -0.2) is 18.4 Å². The lowest BCUT2D eigenvalue weighted by atomic mass is 10.1. The third-order valence-corrected chi connectivity index (χ3v) is 7.30. The van der Waals surface area contributed by atoms with E-state index in [1.165, 1.54) is 36.7 Å². The normalized spacial score (nSPS) is 11.4. The predicted molar refractivity (Wildman–Crippen MR) is 122 cm³/mol. The molecule has 4 rings (SSSR count). The van der Waals surface area contributed by atoms with E-state index in [1.54, 1.807) is 19.2 Å². The van der Waals surface area contributed by atoms with E-state index in [-0.39, 0.29) is 4.90 Å². The smallest absolute Gasteiger partial charge is 0.185 e. The van der Waals surface area contributed by atoms with Crippen LogP contribution in [-0.4, -0.2) is 37.0 Å². The van der Waals surface area contributed by atoms with Crippen LogP contribution in [0.2, 0.25) is 0 Å². The number of hydrogen-bond donors (Lipinski definition) is 1. The molecule has 0 saturated carbocycles. The van der Waals surface area contributed by atoms with Crippen molar-refractivity contribution in [1.82, 2.24) is 9.97 Å². The van der Waals surface area contributed by atoms with Gasteiger partial charge in [0.2, 0.25) is 0 Å². The monoisotopic (exact) mass is 453 g/mol. The van der Waals surface area contributed by atoms with Crippen molar-refractivity contribution in [3.8, 4) is 16.9 Å². The van der Waals surface area contributed by atoms with Crippen molar-refractivity contribution < 1.29 is 17.9 Å². The van der Waals surface area contributed by atoms with Gasteiger partial charge in [0.05, 0.1) is 17.4 Å². The number of rotatable bonds is 7. The Hall–Kier alpha value is -3.30. The second-order valence-electron chi connectivity index (χ2n) is 6.89. The van der Waals surface area contributed by atoms with Crippen LogP contribution in [0.5, 0.6) is 5.75 Å². The van der Waals surface area contributed by atoms with Crippen LogP contribution in [0.15, 0.2) is 65.1 Å². The van der Waals surface area contributed by atoms with Gasteiger partial charge in [-0.3, -0.25) is 4.79 Å². The van der Waals surface area contributed by atoms with Crippen molar-refractivity contribution in [3.63, 3.8) is 0 Å². The van der Waals surface area contributed by atoms with Crippen molar-refractivity contribution in [2.24, 2.45) is 0 Å². The Bertz CT molecular complexity index is 1350. The topological polar surface area (TPSA) is 98.2 Å². The van der Waals surface area contributed by atoms with Crippen LogP contribution in [0.1, 0.15) is 6.92 Å². The first kappa shape index (κ1) is 21.0. The molecule has 0 bridgehead atoms. The van der Waals surface area contributed by atoms with Gasteiger partial charge >= 0.3 is 0 Å². The SMILES string of the molecule is COc1ccc(-c2csc3ncnc(Nc4ccc(S(=O)(=O)CC(C)=O)cc4)c23)cc1. The highest BCUT2D eigenvalue weighted by Crippen LogP contribution is 2.38. The van der Waals surface area contributed by atoms with E-state index < -0.39 is 21.4 Å². The molecule has 2 aromatic carbocycles. The van der Waals surface area contributed by atoms with Crippen LogP contribution in [0.4, 0.5) is 11.5 Å². The minimum absolute atomic E-state index is 0.107. The molecule has 7 nitrogen and oxygen atoms in total. The van der Waals surface area contributed by atoms with Gasteiger partial charge in [-0.15, -0.1) is 11.3 Å². The molecule has 0 unspecified atom stereocenters. The Morgan fingerprint density at radius 1 is 1.06 bits per heavy atom. The number of nitrogens with zero attached hydrogens (tertiary/aromatic N) is 2. The van der Waals surface area contributed by atoms with Crippen LogP contribution >= 0.6 is 11.3 Å². The second-order valence-corrected chi connectivity index (χ2v) is 9.74. The summed E-state index contributed by atoms with van der Waals surface area (Å²) in [6, 6.07) is 14.0. The maximum atomic E-state index is 12.2. The molecule has 158 valence electrons. The third-order valence-electron chi connectivity index (χ3n) is 4.64. The quantitative estimate of drug-likeness (QED) is 0.441. The first-order valence-electron chi connectivity index (χ1n) is 9.33. The van der Waals surface area contributed by atoms with Gasteiger partial charge in [-0.05, 0) is 48.9 Å². The van der Waals surface area contributed by atoms with Gasteiger partial charge < -0.3 is 10.1 Å². The van der Waals surface area contributed by atoms with Crippen LogP contribution in [-0.2, 0) is 14.6 Å². The largest absolute Gasteiger partial charge is 0.497 e. The summed E-state index contributed by atoms with van der Waals surface area (Å²) < 4.78 is 29.7. The molecule has 0 aliphatic rings. The van der Waals surface area contributed by atoms with Gasteiger partial charge in [0.15, 0.2) is 9.84 Å². The Kier molecular flexibility index (Phi) is 5.71. The fraction of sp³-hybridized carbons (Fsp3) is 0.136. The molecule has 0 amide bonds. The third kappa shape index (κ3) is 4.42. The molecule has 0 fully saturated rings. The Morgan fingerprint density at radius 2 is 1.77 bits per heavy atom. The number of anilines is 2. The zero-order chi connectivity index (χ0) is 22.0. The Balaban J connectivity index is 1.67. The number of benzene rings is 2. The molecule has 0 aliphatic carbocycles. The van der Waals surface area contributed by atoms with Crippen molar-refractivity contribution in [2.45, 2.75) is 11.8 Å². The number of aromatic nitrogens is 2. The number of nitrogens with one attached hydrogen (secondary N) is 1. The lowest BCUT2D eigenvalue weighted by Crippen LogP contribution is -2.13. The Morgan fingerprint density at radius 3 is 2.42 bits per heavy atom. The highest BCUT2D eigenvalue weighted by atomic mass is 32.2. The van der Waals surface area contributed by atoms with Crippen LogP contribution in [0.25, 0.3) is 21.3 Å². The fourth-order valence-corrected chi connectivity index (χ4v) is 5.35. The lowest BCUT2D eigenvalue weighted by molar-refractivity contribution is -0.114. The number of ketones is 1. The summed E-state index contributed by atoms with van der Waals surface area (Å²) in [6.45, 7) is 1.26. The number of sulfone groups is 1. The summed E-state index contributed by atoms with van der Waals surface area (Å²) in [7, 11) is -2.01. The lowest BCUT2D eigenvalue weighted by Gasteiger charge is -2.10. The van der Waals surface area contributed by atoms with E-state index in [0.29, 0.717) is 11.5 Å². The predicted octanol–water partition coefficient (Wildman–Crippen LogP) is 4.47. The van der Waals surface area contributed by atoms with Gasteiger partial charge in [-0.2, -0.15) is 0 Å². The molecule has 31 heavy (non-hydrogen) atoms. The maximum Gasteiger partial charge on any atom is 0.185 e. The minimum atomic E-state index is -3.63. The second kappa shape index (κ2) is 8.44. The average Bonchev–Trinajstić information content (AvgIpc) is 3.18. The number of methoxy groups -OCH3 is 1. The van der Waals surface area contributed by atoms with E-state index in [0.717, 1.165) is 27.1 Å².